The monoisotopic (exact) mass is 307 g/mol. The van der Waals surface area contributed by atoms with E-state index in [1.807, 2.05) is 18.2 Å². The second-order valence-corrected chi connectivity index (χ2v) is 5.10. The molecule has 1 aromatic heterocycles. The third-order valence-corrected chi connectivity index (χ3v) is 3.33. The van der Waals surface area contributed by atoms with Crippen molar-refractivity contribution >= 4 is 11.6 Å². The number of aromatic nitrogens is 2. The van der Waals surface area contributed by atoms with E-state index in [4.69, 9.17) is 16.3 Å². The summed E-state index contributed by atoms with van der Waals surface area (Å²) in [7, 11) is 3.30. The molecule has 1 heterocycles. The fourth-order valence-electron chi connectivity index (χ4n) is 1.96. The predicted octanol–water partition coefficient (Wildman–Crippen LogP) is 1.84. The molecule has 1 N–H and O–H groups in total. The van der Waals surface area contributed by atoms with Crippen LogP contribution in [0, 0.1) is 0 Å². The minimum atomic E-state index is -0.0994. The van der Waals surface area contributed by atoms with Crippen molar-refractivity contribution in [2.75, 3.05) is 20.3 Å². The average Bonchev–Trinajstić information content (AvgIpc) is 2.48. The van der Waals surface area contributed by atoms with E-state index in [0.29, 0.717) is 30.3 Å². The van der Waals surface area contributed by atoms with Gasteiger partial charge in [0.1, 0.15) is 0 Å². The lowest BCUT2D eigenvalue weighted by molar-refractivity contribution is 0.199. The van der Waals surface area contributed by atoms with Gasteiger partial charge in [-0.15, -0.1) is 0 Å². The van der Waals surface area contributed by atoms with Crippen LogP contribution in [0.15, 0.2) is 35.1 Å². The normalized spacial score (nSPS) is 10.8. The minimum absolute atomic E-state index is 0.0994. The maximum absolute atomic E-state index is 12.1. The van der Waals surface area contributed by atoms with E-state index in [9.17, 15) is 4.79 Å². The molecule has 0 radical (unpaired) electrons. The van der Waals surface area contributed by atoms with Gasteiger partial charge in [-0.3, -0.25) is 4.79 Å². The third-order valence-electron chi connectivity index (χ3n) is 3.08. The maximum Gasteiger partial charge on any atom is 0.271 e. The van der Waals surface area contributed by atoms with Gasteiger partial charge in [-0.1, -0.05) is 23.7 Å². The first kappa shape index (κ1) is 15.7. The van der Waals surface area contributed by atoms with Crippen molar-refractivity contribution in [1.29, 1.82) is 0 Å². The first-order valence-corrected chi connectivity index (χ1v) is 7.02. The Labute approximate surface area is 128 Å². The Bertz CT molecular complexity index is 653. The van der Waals surface area contributed by atoms with Crippen molar-refractivity contribution < 1.29 is 4.74 Å². The third kappa shape index (κ3) is 4.14. The molecular formula is C15H18ClN3O2. The van der Waals surface area contributed by atoms with Crippen LogP contribution >= 0.6 is 11.6 Å². The molecule has 0 amide bonds. The summed E-state index contributed by atoms with van der Waals surface area (Å²) < 4.78 is 6.33. The molecule has 5 nitrogen and oxygen atoms in total. The summed E-state index contributed by atoms with van der Waals surface area (Å²) in [5.74, 6) is 0. The molecule has 0 saturated heterocycles. The molecule has 0 saturated carbocycles. The SMILES string of the molecule is COCCNCc1cc(-c2ccc(Cl)cc2)nn(C)c1=O. The van der Waals surface area contributed by atoms with E-state index in [2.05, 4.69) is 10.4 Å². The number of methoxy groups -OCH3 is 1. The smallest absolute Gasteiger partial charge is 0.271 e. The Morgan fingerprint density at radius 1 is 1.33 bits per heavy atom. The summed E-state index contributed by atoms with van der Waals surface area (Å²) >= 11 is 5.89. The van der Waals surface area contributed by atoms with E-state index in [1.54, 1.807) is 26.3 Å². The molecule has 2 aromatic rings. The largest absolute Gasteiger partial charge is 0.383 e. The lowest BCUT2D eigenvalue weighted by Crippen LogP contribution is -2.28. The summed E-state index contributed by atoms with van der Waals surface area (Å²) in [5, 5.41) is 8.13. The number of hydrogen-bond acceptors (Lipinski definition) is 4. The zero-order chi connectivity index (χ0) is 15.2. The van der Waals surface area contributed by atoms with E-state index >= 15 is 0 Å². The first-order chi connectivity index (χ1) is 10.1. The number of nitrogens with zero attached hydrogens (tertiary/aromatic N) is 2. The molecule has 0 aliphatic rings. The van der Waals surface area contributed by atoms with Gasteiger partial charge in [0.15, 0.2) is 0 Å². The van der Waals surface area contributed by atoms with Gasteiger partial charge in [0, 0.05) is 43.4 Å². The van der Waals surface area contributed by atoms with E-state index in [1.165, 1.54) is 4.68 Å². The molecule has 0 atom stereocenters. The molecule has 1 aromatic carbocycles. The molecule has 2 rings (SSSR count). The zero-order valence-electron chi connectivity index (χ0n) is 12.1. The standard InChI is InChI=1S/C15H18ClN3O2/c1-19-15(20)12(10-17-7-8-21-2)9-14(18-19)11-3-5-13(16)6-4-11/h3-6,9,17H,7-8,10H2,1-2H3. The molecule has 0 aliphatic carbocycles. The molecule has 0 unspecified atom stereocenters. The number of halogens is 1. The number of rotatable bonds is 6. The number of nitrogens with one attached hydrogen (secondary N) is 1. The molecule has 21 heavy (non-hydrogen) atoms. The van der Waals surface area contributed by atoms with Crippen molar-refractivity contribution in [3.8, 4) is 11.3 Å². The van der Waals surface area contributed by atoms with Gasteiger partial charge in [0.25, 0.3) is 5.56 Å². The number of aryl methyl sites for hydroxylation is 1. The summed E-state index contributed by atoms with van der Waals surface area (Å²) in [6, 6.07) is 9.19. The zero-order valence-corrected chi connectivity index (χ0v) is 12.9. The summed E-state index contributed by atoms with van der Waals surface area (Å²) in [4.78, 5) is 12.1. The van der Waals surface area contributed by atoms with Gasteiger partial charge in [0.2, 0.25) is 0 Å². The molecule has 0 spiro atoms. The van der Waals surface area contributed by atoms with Crippen molar-refractivity contribution in [2.24, 2.45) is 7.05 Å². The van der Waals surface area contributed by atoms with Crippen LogP contribution in [0.4, 0.5) is 0 Å². The van der Waals surface area contributed by atoms with Crippen LogP contribution in [0.3, 0.4) is 0 Å². The van der Waals surface area contributed by atoms with Gasteiger partial charge in [0.05, 0.1) is 12.3 Å². The van der Waals surface area contributed by atoms with Crippen LogP contribution in [-0.4, -0.2) is 30.0 Å². The minimum Gasteiger partial charge on any atom is -0.383 e. The van der Waals surface area contributed by atoms with Gasteiger partial charge in [-0.25, -0.2) is 4.68 Å². The lowest BCUT2D eigenvalue weighted by atomic mass is 10.1. The molecule has 112 valence electrons. The molecule has 0 bridgehead atoms. The van der Waals surface area contributed by atoms with E-state index < -0.39 is 0 Å². The Balaban J connectivity index is 2.25. The van der Waals surface area contributed by atoms with Crippen molar-refractivity contribution in [1.82, 2.24) is 15.1 Å². The van der Waals surface area contributed by atoms with Crippen LogP contribution in [0.1, 0.15) is 5.56 Å². The van der Waals surface area contributed by atoms with Gasteiger partial charge in [-0.05, 0) is 18.2 Å². The van der Waals surface area contributed by atoms with Crippen LogP contribution in [0.2, 0.25) is 5.02 Å². The van der Waals surface area contributed by atoms with Gasteiger partial charge in [-0.2, -0.15) is 5.10 Å². The van der Waals surface area contributed by atoms with Crippen LogP contribution in [0.5, 0.6) is 0 Å². The molecular weight excluding hydrogens is 290 g/mol. The quantitative estimate of drug-likeness (QED) is 0.827. The van der Waals surface area contributed by atoms with E-state index in [-0.39, 0.29) is 5.56 Å². The fourth-order valence-corrected chi connectivity index (χ4v) is 2.08. The highest BCUT2D eigenvalue weighted by Gasteiger charge is 2.08. The van der Waals surface area contributed by atoms with Crippen molar-refractivity contribution in [3.63, 3.8) is 0 Å². The van der Waals surface area contributed by atoms with Crippen molar-refractivity contribution in [3.05, 3.63) is 51.3 Å². The average molecular weight is 308 g/mol. The second-order valence-electron chi connectivity index (χ2n) is 4.66. The number of benzene rings is 1. The lowest BCUT2D eigenvalue weighted by Gasteiger charge is -2.08. The highest BCUT2D eigenvalue weighted by Crippen LogP contribution is 2.19. The molecule has 6 heteroatoms. The Kier molecular flexibility index (Phi) is 5.50. The number of hydrogen-bond donors (Lipinski definition) is 1. The Morgan fingerprint density at radius 2 is 2.05 bits per heavy atom. The first-order valence-electron chi connectivity index (χ1n) is 6.64. The number of ether oxygens (including phenoxy) is 1. The fraction of sp³-hybridized carbons (Fsp3) is 0.333. The van der Waals surface area contributed by atoms with Gasteiger partial charge < -0.3 is 10.1 Å². The van der Waals surface area contributed by atoms with E-state index in [0.717, 1.165) is 11.3 Å². The summed E-state index contributed by atoms with van der Waals surface area (Å²) in [6.45, 7) is 1.78. The van der Waals surface area contributed by atoms with Crippen LogP contribution in [0.25, 0.3) is 11.3 Å². The highest BCUT2D eigenvalue weighted by molar-refractivity contribution is 6.30. The topological polar surface area (TPSA) is 56.1 Å². The second kappa shape index (κ2) is 7.36. The predicted molar refractivity (Wildman–Crippen MR) is 83.5 cm³/mol. The molecule has 0 fully saturated rings. The molecule has 0 aliphatic heterocycles. The Morgan fingerprint density at radius 3 is 2.71 bits per heavy atom. The summed E-state index contributed by atoms with van der Waals surface area (Å²) in [5.41, 5.74) is 2.25. The summed E-state index contributed by atoms with van der Waals surface area (Å²) in [6.07, 6.45) is 0. The van der Waals surface area contributed by atoms with Crippen LogP contribution in [-0.2, 0) is 18.3 Å². The Hall–Kier alpha value is -1.69. The van der Waals surface area contributed by atoms with Crippen molar-refractivity contribution in [2.45, 2.75) is 6.54 Å². The van der Waals surface area contributed by atoms with Gasteiger partial charge >= 0.3 is 0 Å². The van der Waals surface area contributed by atoms with Crippen LogP contribution < -0.4 is 10.9 Å². The highest BCUT2D eigenvalue weighted by atomic mass is 35.5. The maximum atomic E-state index is 12.1.